The zero-order chi connectivity index (χ0) is 16.5. The van der Waals surface area contributed by atoms with Crippen molar-refractivity contribution in [3.63, 3.8) is 0 Å². The van der Waals surface area contributed by atoms with Crippen molar-refractivity contribution in [3.05, 3.63) is 58.8 Å². The average Bonchev–Trinajstić information content (AvgIpc) is 2.55. The Balaban J connectivity index is 1.57. The van der Waals surface area contributed by atoms with Gasteiger partial charge in [0, 0.05) is 19.3 Å². The van der Waals surface area contributed by atoms with Crippen LogP contribution in [0.15, 0.2) is 36.5 Å². The van der Waals surface area contributed by atoms with Crippen LogP contribution in [0.2, 0.25) is 0 Å². The number of hydrogen-bond donors (Lipinski definition) is 0. The quantitative estimate of drug-likeness (QED) is 0.865. The highest BCUT2D eigenvalue weighted by Crippen LogP contribution is 2.31. The Labute approximate surface area is 142 Å². The van der Waals surface area contributed by atoms with Gasteiger partial charge in [0.05, 0.1) is 0 Å². The van der Waals surface area contributed by atoms with Crippen LogP contribution >= 0.6 is 0 Å². The first-order chi connectivity index (χ1) is 11.7. The molecule has 0 bridgehead atoms. The molecule has 1 aliphatic heterocycles. The van der Waals surface area contributed by atoms with E-state index in [1.54, 1.807) is 6.20 Å². The summed E-state index contributed by atoms with van der Waals surface area (Å²) in [6, 6.07) is 10.3. The van der Waals surface area contributed by atoms with Crippen LogP contribution < -0.4 is 4.74 Å². The fourth-order valence-corrected chi connectivity index (χ4v) is 3.23. The molecule has 2 heterocycles. The van der Waals surface area contributed by atoms with E-state index in [-0.39, 0.29) is 12.0 Å². The van der Waals surface area contributed by atoms with Crippen LogP contribution in [0.5, 0.6) is 5.88 Å². The van der Waals surface area contributed by atoms with Gasteiger partial charge < -0.3 is 9.64 Å². The number of benzene rings is 1. The van der Waals surface area contributed by atoms with Gasteiger partial charge in [-0.1, -0.05) is 29.8 Å². The number of fused-ring (bicyclic) bond motifs is 1. The molecule has 1 amide bonds. The first-order valence-corrected chi connectivity index (χ1v) is 8.70. The van der Waals surface area contributed by atoms with E-state index >= 15 is 0 Å². The van der Waals surface area contributed by atoms with Gasteiger partial charge in [0.2, 0.25) is 5.88 Å². The zero-order valence-electron chi connectivity index (χ0n) is 14.0. The Kier molecular flexibility index (Phi) is 3.97. The van der Waals surface area contributed by atoms with Crippen molar-refractivity contribution in [3.8, 4) is 5.88 Å². The predicted molar refractivity (Wildman–Crippen MR) is 92.1 cm³/mol. The number of carbonyl (C=O) groups excluding carboxylic acids is 1. The number of ether oxygens (including phenoxy) is 1. The summed E-state index contributed by atoms with van der Waals surface area (Å²) in [5.74, 6) is 0.565. The van der Waals surface area contributed by atoms with Crippen molar-refractivity contribution in [2.24, 2.45) is 0 Å². The van der Waals surface area contributed by atoms with Gasteiger partial charge in [0.15, 0.2) is 0 Å². The van der Waals surface area contributed by atoms with E-state index in [0.717, 1.165) is 36.9 Å². The number of nitrogens with zero attached hydrogens (tertiary/aromatic N) is 2. The molecular formula is C20H22N2O2. The van der Waals surface area contributed by atoms with E-state index in [9.17, 15) is 4.79 Å². The lowest BCUT2D eigenvalue weighted by Crippen LogP contribution is -2.38. The summed E-state index contributed by atoms with van der Waals surface area (Å²) in [6.07, 6.45) is 6.17. The first kappa shape index (κ1) is 15.2. The van der Waals surface area contributed by atoms with Crippen molar-refractivity contribution in [2.75, 3.05) is 6.54 Å². The molecule has 2 aliphatic rings. The Morgan fingerprint density at radius 2 is 2.00 bits per heavy atom. The van der Waals surface area contributed by atoms with Crippen LogP contribution in [0.1, 0.15) is 46.3 Å². The summed E-state index contributed by atoms with van der Waals surface area (Å²) < 4.78 is 5.97. The van der Waals surface area contributed by atoms with E-state index < -0.39 is 0 Å². The van der Waals surface area contributed by atoms with Crippen molar-refractivity contribution in [2.45, 2.75) is 45.3 Å². The topological polar surface area (TPSA) is 42.4 Å². The molecule has 1 aromatic carbocycles. The van der Waals surface area contributed by atoms with Gasteiger partial charge in [-0.05, 0) is 49.8 Å². The maximum atomic E-state index is 13.0. The van der Waals surface area contributed by atoms with Crippen molar-refractivity contribution in [1.82, 2.24) is 9.88 Å². The van der Waals surface area contributed by atoms with Crippen molar-refractivity contribution >= 4 is 5.91 Å². The third-order valence-electron chi connectivity index (χ3n) is 4.98. The fourth-order valence-electron chi connectivity index (χ4n) is 3.23. The maximum absolute atomic E-state index is 13.0. The molecule has 2 aromatic rings. The van der Waals surface area contributed by atoms with E-state index in [1.807, 2.05) is 11.0 Å². The molecule has 0 N–H and O–H groups in total. The summed E-state index contributed by atoms with van der Waals surface area (Å²) in [5, 5.41) is 0. The summed E-state index contributed by atoms with van der Waals surface area (Å²) in [4.78, 5) is 19.3. The number of rotatable bonds is 4. The third kappa shape index (κ3) is 2.88. The minimum Gasteiger partial charge on any atom is -0.474 e. The van der Waals surface area contributed by atoms with Gasteiger partial charge in [0.25, 0.3) is 5.91 Å². The zero-order valence-corrected chi connectivity index (χ0v) is 14.0. The van der Waals surface area contributed by atoms with Crippen molar-refractivity contribution < 1.29 is 9.53 Å². The molecule has 1 aromatic heterocycles. The molecule has 1 fully saturated rings. The molecular weight excluding hydrogens is 300 g/mol. The molecule has 0 unspecified atom stereocenters. The largest absolute Gasteiger partial charge is 0.474 e. The number of aryl methyl sites for hydroxylation is 1. The van der Waals surface area contributed by atoms with Gasteiger partial charge in [-0.2, -0.15) is 0 Å². The molecule has 4 heteroatoms. The highest BCUT2D eigenvalue weighted by atomic mass is 16.5. The van der Waals surface area contributed by atoms with E-state index in [2.05, 4.69) is 36.2 Å². The summed E-state index contributed by atoms with van der Waals surface area (Å²) >= 11 is 0. The fraction of sp³-hybridized carbons (Fsp3) is 0.400. The average molecular weight is 322 g/mol. The molecule has 0 atom stereocenters. The number of pyridine rings is 1. The van der Waals surface area contributed by atoms with Gasteiger partial charge in [0.1, 0.15) is 11.7 Å². The highest BCUT2D eigenvalue weighted by molar-refractivity contribution is 5.98. The predicted octanol–water partition coefficient (Wildman–Crippen LogP) is 3.52. The van der Waals surface area contributed by atoms with E-state index in [1.165, 1.54) is 12.0 Å². The lowest BCUT2D eigenvalue weighted by Gasteiger charge is -2.31. The Bertz CT molecular complexity index is 751. The maximum Gasteiger partial charge on any atom is 0.259 e. The molecule has 1 aliphatic carbocycles. The van der Waals surface area contributed by atoms with Crippen LogP contribution in [0, 0.1) is 6.92 Å². The number of aromatic nitrogens is 1. The Morgan fingerprint density at radius 3 is 2.71 bits per heavy atom. The minimum atomic E-state index is 0.0410. The molecule has 24 heavy (non-hydrogen) atoms. The number of carbonyl (C=O) groups is 1. The summed E-state index contributed by atoms with van der Waals surface area (Å²) in [6.45, 7) is 3.45. The Morgan fingerprint density at radius 1 is 1.21 bits per heavy atom. The van der Waals surface area contributed by atoms with Crippen LogP contribution in [0.4, 0.5) is 0 Å². The van der Waals surface area contributed by atoms with Crippen LogP contribution in [0.25, 0.3) is 0 Å². The van der Waals surface area contributed by atoms with Crippen LogP contribution in [-0.2, 0) is 13.0 Å². The van der Waals surface area contributed by atoms with Crippen LogP contribution in [-0.4, -0.2) is 28.4 Å². The summed E-state index contributed by atoms with van der Waals surface area (Å²) in [5.41, 5.74) is 4.12. The van der Waals surface area contributed by atoms with E-state index in [4.69, 9.17) is 4.74 Å². The smallest absolute Gasteiger partial charge is 0.259 e. The van der Waals surface area contributed by atoms with Gasteiger partial charge in [-0.3, -0.25) is 4.79 Å². The normalized spacial score (nSPS) is 17.4. The van der Waals surface area contributed by atoms with Crippen LogP contribution in [0.3, 0.4) is 0 Å². The molecule has 4 nitrogen and oxygen atoms in total. The first-order valence-electron chi connectivity index (χ1n) is 8.70. The Hall–Kier alpha value is -2.36. The second-order valence-electron chi connectivity index (χ2n) is 6.78. The lowest BCUT2D eigenvalue weighted by atomic mass is 9.95. The molecule has 0 radical (unpaired) electrons. The summed E-state index contributed by atoms with van der Waals surface area (Å²) in [7, 11) is 0. The SMILES string of the molecule is Cc1ccc(CN2CCc3ccnc(OC4CCC4)c3C2=O)cc1. The third-order valence-corrected chi connectivity index (χ3v) is 4.98. The molecule has 124 valence electrons. The van der Waals surface area contributed by atoms with Gasteiger partial charge in [-0.25, -0.2) is 4.98 Å². The minimum absolute atomic E-state index is 0.0410. The number of hydrogen-bond acceptors (Lipinski definition) is 3. The van der Waals surface area contributed by atoms with Crippen molar-refractivity contribution in [1.29, 1.82) is 0 Å². The monoisotopic (exact) mass is 322 g/mol. The molecule has 4 rings (SSSR count). The van der Waals surface area contributed by atoms with E-state index in [0.29, 0.717) is 18.0 Å². The number of amides is 1. The lowest BCUT2D eigenvalue weighted by molar-refractivity contribution is 0.0701. The van der Waals surface area contributed by atoms with Gasteiger partial charge in [-0.15, -0.1) is 0 Å². The second-order valence-corrected chi connectivity index (χ2v) is 6.78. The highest BCUT2D eigenvalue weighted by Gasteiger charge is 2.30. The molecule has 0 spiro atoms. The molecule has 0 saturated heterocycles. The standard InChI is InChI=1S/C20H22N2O2/c1-14-5-7-15(8-6-14)13-22-12-10-16-9-11-21-19(18(16)20(22)23)24-17-3-2-4-17/h5-9,11,17H,2-4,10,12-13H2,1H3. The molecule has 1 saturated carbocycles. The second kappa shape index (κ2) is 6.27. The van der Waals surface area contributed by atoms with Gasteiger partial charge >= 0.3 is 0 Å².